The van der Waals surface area contributed by atoms with Crippen molar-refractivity contribution in [3.63, 3.8) is 0 Å². The Morgan fingerprint density at radius 2 is 1.66 bits per heavy atom. The maximum Gasteiger partial charge on any atom is 0.407 e. The first-order valence-corrected chi connectivity index (χ1v) is 12.4. The molecule has 0 aromatic heterocycles. The monoisotopic (exact) mass is 476 g/mol. The Labute approximate surface area is 205 Å². The van der Waals surface area contributed by atoms with E-state index in [1.165, 1.54) is 11.1 Å². The molecule has 0 radical (unpaired) electrons. The van der Waals surface area contributed by atoms with Crippen molar-refractivity contribution in [2.45, 2.75) is 51.5 Å². The van der Waals surface area contributed by atoms with E-state index in [0.717, 1.165) is 17.5 Å². The zero-order valence-corrected chi connectivity index (χ0v) is 20.3. The number of aliphatic carboxylic acids is 1. The molecule has 2 aromatic rings. The van der Waals surface area contributed by atoms with Gasteiger partial charge in [-0.15, -0.1) is 0 Å². The fourth-order valence-electron chi connectivity index (χ4n) is 6.11. The average Bonchev–Trinajstić information content (AvgIpc) is 3.52. The molecule has 1 saturated carbocycles. The van der Waals surface area contributed by atoms with Crippen LogP contribution in [0.15, 0.2) is 48.5 Å². The molecule has 7 nitrogen and oxygen atoms in total. The molecule has 3 aliphatic rings. The molecule has 0 bridgehead atoms. The second-order valence-corrected chi connectivity index (χ2v) is 10.7. The van der Waals surface area contributed by atoms with Crippen LogP contribution in [-0.4, -0.2) is 53.7 Å². The molecule has 2 aliphatic carbocycles. The van der Waals surface area contributed by atoms with E-state index in [0.29, 0.717) is 25.8 Å². The summed E-state index contributed by atoms with van der Waals surface area (Å²) in [5.41, 5.74) is 2.96. The van der Waals surface area contributed by atoms with E-state index in [9.17, 15) is 19.5 Å². The molecule has 2 amide bonds. The van der Waals surface area contributed by atoms with E-state index >= 15 is 0 Å². The van der Waals surface area contributed by atoms with Crippen LogP contribution in [-0.2, 0) is 14.3 Å². The Bertz CT molecular complexity index is 1130. The number of ether oxygens (including phenoxy) is 1. The van der Waals surface area contributed by atoms with Crippen LogP contribution in [0.3, 0.4) is 0 Å². The first kappa shape index (κ1) is 23.4. The predicted molar refractivity (Wildman–Crippen MR) is 131 cm³/mol. The number of carbonyl (C=O) groups excluding carboxylic acids is 2. The van der Waals surface area contributed by atoms with Crippen LogP contribution in [0.2, 0.25) is 0 Å². The largest absolute Gasteiger partial charge is 0.481 e. The van der Waals surface area contributed by atoms with Crippen molar-refractivity contribution in [2.24, 2.45) is 10.8 Å². The summed E-state index contributed by atoms with van der Waals surface area (Å²) >= 11 is 0. The molecule has 5 rings (SSSR count). The summed E-state index contributed by atoms with van der Waals surface area (Å²) in [6.45, 7) is 4.42. The Balaban J connectivity index is 1.24. The fraction of sp³-hybridized carbons (Fsp3) is 0.464. The van der Waals surface area contributed by atoms with Gasteiger partial charge in [-0.05, 0) is 55.4 Å². The van der Waals surface area contributed by atoms with E-state index in [1.807, 2.05) is 31.2 Å². The second-order valence-electron chi connectivity index (χ2n) is 10.7. The number of hydrogen-bond donors (Lipinski definition) is 2. The lowest BCUT2D eigenvalue weighted by Crippen LogP contribution is -2.52. The number of benzene rings is 2. The molecule has 0 spiro atoms. The van der Waals surface area contributed by atoms with Gasteiger partial charge in [0, 0.05) is 25.0 Å². The van der Waals surface area contributed by atoms with Gasteiger partial charge in [0.2, 0.25) is 5.91 Å². The van der Waals surface area contributed by atoms with Crippen molar-refractivity contribution in [3.8, 4) is 11.1 Å². The Morgan fingerprint density at radius 3 is 2.26 bits per heavy atom. The van der Waals surface area contributed by atoms with Crippen LogP contribution in [0.5, 0.6) is 0 Å². The molecule has 3 atom stereocenters. The molecule has 2 N–H and O–H groups in total. The third-order valence-electron chi connectivity index (χ3n) is 8.36. The summed E-state index contributed by atoms with van der Waals surface area (Å²) in [6, 6.07) is 16.0. The first-order valence-electron chi connectivity index (χ1n) is 12.4. The highest BCUT2D eigenvalue weighted by atomic mass is 16.5. The summed E-state index contributed by atoms with van der Waals surface area (Å²) in [5.74, 6) is -0.982. The highest BCUT2D eigenvalue weighted by Gasteiger charge is 2.51. The number of nitrogens with zero attached hydrogens (tertiary/aromatic N) is 1. The maximum absolute atomic E-state index is 13.5. The first-order chi connectivity index (χ1) is 16.7. The normalized spacial score (nSPS) is 27.4. The van der Waals surface area contributed by atoms with Crippen LogP contribution >= 0.6 is 0 Å². The van der Waals surface area contributed by atoms with Crippen LogP contribution in [0.1, 0.15) is 56.6 Å². The Kier molecular flexibility index (Phi) is 5.82. The minimum absolute atomic E-state index is 0.0250. The zero-order chi connectivity index (χ0) is 24.8. The van der Waals surface area contributed by atoms with Crippen molar-refractivity contribution >= 4 is 18.0 Å². The highest BCUT2D eigenvalue weighted by Crippen LogP contribution is 2.45. The topological polar surface area (TPSA) is 95.9 Å². The fourth-order valence-corrected chi connectivity index (χ4v) is 6.11. The van der Waals surface area contributed by atoms with Crippen LogP contribution < -0.4 is 5.32 Å². The molecule has 2 fully saturated rings. The number of carboxylic acid groups (broad SMARTS) is 1. The van der Waals surface area contributed by atoms with Gasteiger partial charge >= 0.3 is 12.1 Å². The van der Waals surface area contributed by atoms with E-state index in [2.05, 4.69) is 29.6 Å². The highest BCUT2D eigenvalue weighted by molar-refractivity contribution is 5.86. The van der Waals surface area contributed by atoms with Crippen molar-refractivity contribution in [1.82, 2.24) is 10.2 Å². The molecular formula is C28H32N2O5. The molecule has 1 aliphatic heterocycles. The lowest BCUT2D eigenvalue weighted by molar-refractivity contribution is -0.148. The standard InChI is InChI=1S/C28H32N2O5/c1-27(25(32)33)14-15-30(17-27)24(31)28(2)13-7-12-23(28)29-26(34)35-16-22-20-10-5-3-8-18(20)19-9-4-6-11-21(19)22/h3-6,8-11,22-23H,7,12-17H2,1-2H3,(H,29,34)(H,32,33). The number of amides is 2. The molecule has 35 heavy (non-hydrogen) atoms. The minimum Gasteiger partial charge on any atom is -0.481 e. The van der Waals surface area contributed by atoms with Crippen LogP contribution in [0.25, 0.3) is 11.1 Å². The maximum atomic E-state index is 13.5. The summed E-state index contributed by atoms with van der Waals surface area (Å²) in [6.07, 6.45) is 2.08. The molecule has 3 unspecified atom stereocenters. The van der Waals surface area contributed by atoms with Gasteiger partial charge in [0.15, 0.2) is 0 Å². The zero-order valence-electron chi connectivity index (χ0n) is 20.3. The quantitative estimate of drug-likeness (QED) is 0.667. The van der Waals surface area contributed by atoms with E-state index in [1.54, 1.807) is 11.8 Å². The van der Waals surface area contributed by atoms with Gasteiger partial charge in [0.25, 0.3) is 0 Å². The van der Waals surface area contributed by atoms with E-state index in [-0.39, 0.29) is 31.0 Å². The van der Waals surface area contributed by atoms with E-state index < -0.39 is 22.9 Å². The Hall–Kier alpha value is -3.35. The third-order valence-corrected chi connectivity index (χ3v) is 8.36. The summed E-state index contributed by atoms with van der Waals surface area (Å²) in [4.78, 5) is 39.6. The molecular weight excluding hydrogens is 444 g/mol. The average molecular weight is 477 g/mol. The van der Waals surface area contributed by atoms with Crippen molar-refractivity contribution in [3.05, 3.63) is 59.7 Å². The summed E-state index contributed by atoms with van der Waals surface area (Å²) in [7, 11) is 0. The molecule has 2 aromatic carbocycles. The van der Waals surface area contributed by atoms with Crippen molar-refractivity contribution in [2.75, 3.05) is 19.7 Å². The van der Waals surface area contributed by atoms with Crippen molar-refractivity contribution < 1.29 is 24.2 Å². The lowest BCUT2D eigenvalue weighted by atomic mass is 9.83. The van der Waals surface area contributed by atoms with Crippen molar-refractivity contribution in [1.29, 1.82) is 0 Å². The van der Waals surface area contributed by atoms with E-state index in [4.69, 9.17) is 4.74 Å². The number of likely N-dealkylation sites (tertiary alicyclic amines) is 1. The smallest absolute Gasteiger partial charge is 0.407 e. The predicted octanol–water partition coefficient (Wildman–Crippen LogP) is 4.41. The number of rotatable bonds is 5. The number of alkyl carbamates (subject to hydrolysis) is 1. The number of fused-ring (bicyclic) bond motifs is 3. The molecule has 184 valence electrons. The molecule has 7 heteroatoms. The summed E-state index contributed by atoms with van der Waals surface area (Å²) in [5, 5.41) is 12.5. The number of nitrogens with one attached hydrogen (secondary N) is 1. The number of carbonyl (C=O) groups is 3. The minimum atomic E-state index is -0.916. The van der Waals surface area contributed by atoms with Crippen LogP contribution in [0, 0.1) is 10.8 Å². The number of carboxylic acids is 1. The van der Waals surface area contributed by atoms with Gasteiger partial charge in [-0.2, -0.15) is 0 Å². The molecule has 1 saturated heterocycles. The molecule has 1 heterocycles. The SMILES string of the molecule is CC1(C(=O)O)CCN(C(=O)C2(C)CCCC2NC(=O)OCC2c3ccccc3-c3ccccc32)C1. The van der Waals surface area contributed by atoms with Crippen LogP contribution in [0.4, 0.5) is 4.79 Å². The Morgan fingerprint density at radius 1 is 1.03 bits per heavy atom. The number of hydrogen-bond acceptors (Lipinski definition) is 4. The lowest BCUT2D eigenvalue weighted by Gasteiger charge is -2.34. The third kappa shape index (κ3) is 3.97. The van der Waals surface area contributed by atoms with Gasteiger partial charge in [0.1, 0.15) is 6.61 Å². The summed E-state index contributed by atoms with van der Waals surface area (Å²) < 4.78 is 5.71. The van der Waals surface area contributed by atoms with Gasteiger partial charge in [-0.25, -0.2) is 4.79 Å². The van der Waals surface area contributed by atoms with Gasteiger partial charge in [0.05, 0.1) is 10.8 Å². The second kappa shape index (κ2) is 8.70. The van der Waals surface area contributed by atoms with Gasteiger partial charge in [-0.3, -0.25) is 9.59 Å². The van der Waals surface area contributed by atoms with Gasteiger partial charge in [-0.1, -0.05) is 55.0 Å². The van der Waals surface area contributed by atoms with Gasteiger partial charge < -0.3 is 20.1 Å².